The van der Waals surface area contributed by atoms with Crippen molar-refractivity contribution in [2.75, 3.05) is 39.1 Å². The monoisotopic (exact) mass is 317 g/mol. The Hall–Kier alpha value is -2.04. The van der Waals surface area contributed by atoms with E-state index in [0.717, 1.165) is 30.5 Å². The number of carbonyl (C=O) groups is 2. The van der Waals surface area contributed by atoms with Crippen LogP contribution in [0.25, 0.3) is 0 Å². The molecule has 0 unspecified atom stereocenters. The van der Waals surface area contributed by atoms with Gasteiger partial charge < -0.3 is 14.7 Å². The molecule has 1 saturated heterocycles. The lowest BCUT2D eigenvalue weighted by Gasteiger charge is -2.24. The van der Waals surface area contributed by atoms with Crippen molar-refractivity contribution in [1.29, 1.82) is 0 Å². The summed E-state index contributed by atoms with van der Waals surface area (Å²) in [7, 11) is 5.80. The summed E-state index contributed by atoms with van der Waals surface area (Å²) in [5.74, 6) is 0.108. The van der Waals surface area contributed by atoms with Crippen molar-refractivity contribution in [2.24, 2.45) is 0 Å². The molecular formula is C18H27N3O2. The number of likely N-dealkylation sites (N-methyl/N-ethyl adjacent to an activating group) is 1. The zero-order valence-electron chi connectivity index (χ0n) is 14.4. The molecule has 2 rings (SSSR count). The van der Waals surface area contributed by atoms with Crippen LogP contribution in [0.2, 0.25) is 0 Å². The summed E-state index contributed by atoms with van der Waals surface area (Å²) in [6.07, 6.45) is 3.58. The summed E-state index contributed by atoms with van der Waals surface area (Å²) in [4.78, 5) is 29.8. The number of hydrogen-bond acceptors (Lipinski definition) is 3. The lowest BCUT2D eigenvalue weighted by atomic mass is 10.2. The highest BCUT2D eigenvalue weighted by molar-refractivity contribution is 5.84. The van der Waals surface area contributed by atoms with Crippen LogP contribution in [0.3, 0.4) is 0 Å². The molecule has 1 heterocycles. The second-order valence-corrected chi connectivity index (χ2v) is 6.44. The second-order valence-electron chi connectivity index (χ2n) is 6.44. The Bertz CT molecular complexity index is 540. The van der Waals surface area contributed by atoms with Gasteiger partial charge in [0.2, 0.25) is 11.8 Å². The standard InChI is InChI=1S/C18H27N3O2/c1-19(2)16-10-8-15(9-11-16)13-20(3)18(23)14-21-12-6-4-5-7-17(21)22/h8-11H,4-7,12-14H2,1-3H3. The number of rotatable bonds is 5. The molecule has 1 aliphatic rings. The fraction of sp³-hybridized carbons (Fsp3) is 0.556. The number of amides is 2. The van der Waals surface area contributed by atoms with Gasteiger partial charge in [-0.25, -0.2) is 0 Å². The maximum atomic E-state index is 12.4. The Labute approximate surface area is 138 Å². The third kappa shape index (κ3) is 4.98. The largest absolute Gasteiger partial charge is 0.378 e. The molecule has 0 atom stereocenters. The predicted octanol–water partition coefficient (Wildman–Crippen LogP) is 2.11. The van der Waals surface area contributed by atoms with Gasteiger partial charge in [0.05, 0.1) is 6.54 Å². The highest BCUT2D eigenvalue weighted by Crippen LogP contribution is 2.14. The summed E-state index contributed by atoms with van der Waals surface area (Å²) in [6.45, 7) is 1.47. The normalized spacial score (nSPS) is 15.3. The van der Waals surface area contributed by atoms with E-state index < -0.39 is 0 Å². The first kappa shape index (κ1) is 17.3. The van der Waals surface area contributed by atoms with E-state index in [9.17, 15) is 9.59 Å². The van der Waals surface area contributed by atoms with Gasteiger partial charge in [0.15, 0.2) is 0 Å². The van der Waals surface area contributed by atoms with Crippen LogP contribution in [0, 0.1) is 0 Å². The SMILES string of the molecule is CN(Cc1ccc(N(C)C)cc1)C(=O)CN1CCCCCC1=O. The predicted molar refractivity (Wildman–Crippen MR) is 92.3 cm³/mol. The molecule has 1 fully saturated rings. The number of anilines is 1. The van der Waals surface area contributed by atoms with Crippen LogP contribution < -0.4 is 4.90 Å². The minimum atomic E-state index is -0.00284. The van der Waals surface area contributed by atoms with Crippen LogP contribution in [0.4, 0.5) is 5.69 Å². The molecule has 5 heteroatoms. The number of hydrogen-bond donors (Lipinski definition) is 0. The van der Waals surface area contributed by atoms with E-state index >= 15 is 0 Å². The molecule has 0 saturated carbocycles. The van der Waals surface area contributed by atoms with Crippen molar-refractivity contribution >= 4 is 17.5 Å². The van der Waals surface area contributed by atoms with E-state index in [1.807, 2.05) is 43.3 Å². The van der Waals surface area contributed by atoms with Gasteiger partial charge in [-0.05, 0) is 30.5 Å². The molecule has 2 amide bonds. The van der Waals surface area contributed by atoms with E-state index in [1.165, 1.54) is 0 Å². The van der Waals surface area contributed by atoms with Crippen LogP contribution in [0.1, 0.15) is 31.2 Å². The van der Waals surface area contributed by atoms with Gasteiger partial charge in [-0.3, -0.25) is 9.59 Å². The van der Waals surface area contributed by atoms with Crippen molar-refractivity contribution in [3.05, 3.63) is 29.8 Å². The Kier molecular flexibility index (Phi) is 6.02. The van der Waals surface area contributed by atoms with Gasteiger partial charge in [-0.2, -0.15) is 0 Å². The van der Waals surface area contributed by atoms with Crippen molar-refractivity contribution in [3.8, 4) is 0 Å². The molecule has 1 aliphatic heterocycles. The van der Waals surface area contributed by atoms with E-state index in [4.69, 9.17) is 0 Å². The summed E-state index contributed by atoms with van der Waals surface area (Å²) < 4.78 is 0. The van der Waals surface area contributed by atoms with Gasteiger partial charge in [0.1, 0.15) is 0 Å². The summed E-state index contributed by atoms with van der Waals surface area (Å²) in [5.41, 5.74) is 2.23. The minimum Gasteiger partial charge on any atom is -0.378 e. The van der Waals surface area contributed by atoms with Gasteiger partial charge in [0.25, 0.3) is 0 Å². The highest BCUT2D eigenvalue weighted by atomic mass is 16.2. The molecule has 0 aliphatic carbocycles. The quantitative estimate of drug-likeness (QED) is 0.835. The molecular weight excluding hydrogens is 290 g/mol. The third-order valence-corrected chi connectivity index (χ3v) is 4.30. The number of likely N-dealkylation sites (tertiary alicyclic amines) is 1. The zero-order chi connectivity index (χ0) is 16.8. The molecule has 0 radical (unpaired) electrons. The lowest BCUT2D eigenvalue weighted by Crippen LogP contribution is -2.41. The molecule has 126 valence electrons. The molecule has 23 heavy (non-hydrogen) atoms. The van der Waals surface area contributed by atoms with E-state index in [1.54, 1.807) is 16.8 Å². The highest BCUT2D eigenvalue weighted by Gasteiger charge is 2.21. The van der Waals surface area contributed by atoms with E-state index in [2.05, 4.69) is 0 Å². The Morgan fingerprint density at radius 3 is 2.43 bits per heavy atom. The Morgan fingerprint density at radius 1 is 1.09 bits per heavy atom. The molecule has 0 bridgehead atoms. The number of benzene rings is 1. The van der Waals surface area contributed by atoms with Crippen molar-refractivity contribution in [2.45, 2.75) is 32.2 Å². The third-order valence-electron chi connectivity index (χ3n) is 4.30. The Balaban J connectivity index is 1.90. The van der Waals surface area contributed by atoms with Crippen LogP contribution in [-0.2, 0) is 16.1 Å². The molecule has 0 N–H and O–H groups in total. The lowest BCUT2D eigenvalue weighted by molar-refractivity contribution is -0.139. The van der Waals surface area contributed by atoms with Gasteiger partial charge in [0, 0.05) is 46.3 Å². The maximum Gasteiger partial charge on any atom is 0.242 e. The molecule has 0 spiro atoms. The average molecular weight is 317 g/mol. The van der Waals surface area contributed by atoms with Crippen molar-refractivity contribution < 1.29 is 9.59 Å². The second kappa shape index (κ2) is 7.99. The molecule has 1 aromatic rings. The fourth-order valence-electron chi connectivity index (χ4n) is 2.75. The van der Waals surface area contributed by atoms with Crippen molar-refractivity contribution in [3.63, 3.8) is 0 Å². The average Bonchev–Trinajstić information content (AvgIpc) is 2.72. The first-order chi connectivity index (χ1) is 11.0. The number of carbonyl (C=O) groups excluding carboxylic acids is 2. The van der Waals surface area contributed by atoms with Crippen LogP contribution in [0.5, 0.6) is 0 Å². The van der Waals surface area contributed by atoms with Crippen molar-refractivity contribution in [1.82, 2.24) is 9.80 Å². The summed E-state index contributed by atoms with van der Waals surface area (Å²) in [6, 6.07) is 8.17. The fourth-order valence-corrected chi connectivity index (χ4v) is 2.75. The van der Waals surface area contributed by atoms with E-state index in [-0.39, 0.29) is 18.4 Å². The van der Waals surface area contributed by atoms with E-state index in [0.29, 0.717) is 19.5 Å². The first-order valence-corrected chi connectivity index (χ1v) is 8.25. The van der Waals surface area contributed by atoms with Gasteiger partial charge in [-0.1, -0.05) is 18.6 Å². The summed E-state index contributed by atoms with van der Waals surface area (Å²) in [5, 5.41) is 0. The zero-order valence-corrected chi connectivity index (χ0v) is 14.4. The molecule has 0 aromatic heterocycles. The van der Waals surface area contributed by atoms with Crippen LogP contribution in [0.15, 0.2) is 24.3 Å². The molecule has 5 nitrogen and oxygen atoms in total. The minimum absolute atomic E-state index is 0.00284. The number of nitrogens with zero attached hydrogens (tertiary/aromatic N) is 3. The molecule has 1 aromatic carbocycles. The van der Waals surface area contributed by atoms with Gasteiger partial charge >= 0.3 is 0 Å². The van der Waals surface area contributed by atoms with Crippen LogP contribution in [-0.4, -0.2) is 55.8 Å². The summed E-state index contributed by atoms with van der Waals surface area (Å²) >= 11 is 0. The smallest absolute Gasteiger partial charge is 0.242 e. The maximum absolute atomic E-state index is 12.4. The Morgan fingerprint density at radius 2 is 1.78 bits per heavy atom. The van der Waals surface area contributed by atoms with Crippen LogP contribution >= 0.6 is 0 Å². The topological polar surface area (TPSA) is 43.9 Å². The first-order valence-electron chi connectivity index (χ1n) is 8.25. The van der Waals surface area contributed by atoms with Gasteiger partial charge in [-0.15, -0.1) is 0 Å².